The van der Waals surface area contributed by atoms with E-state index in [9.17, 15) is 4.79 Å². The third-order valence-corrected chi connectivity index (χ3v) is 6.28. The number of nitrogens with zero attached hydrogens (tertiary/aromatic N) is 2. The number of carbonyl (C=O) groups is 1. The second-order valence-electron chi connectivity index (χ2n) is 5.82. The third-order valence-electron chi connectivity index (χ3n) is 4.45. The first-order valence-electron chi connectivity index (χ1n) is 7.61. The lowest BCUT2D eigenvalue weighted by molar-refractivity contribution is -0.124. The normalized spacial score (nSPS) is 15.7. The molecule has 0 spiro atoms. The minimum Gasteiger partial charge on any atom is -0.300 e. The van der Waals surface area contributed by atoms with E-state index >= 15 is 0 Å². The van der Waals surface area contributed by atoms with Crippen molar-refractivity contribution in [2.45, 2.75) is 24.7 Å². The second-order valence-corrected chi connectivity index (χ2v) is 8.02. The zero-order valence-electron chi connectivity index (χ0n) is 12.7. The fourth-order valence-electron chi connectivity index (χ4n) is 2.94. The fourth-order valence-corrected chi connectivity index (χ4v) is 4.52. The molecule has 1 N–H and O–H groups in total. The summed E-state index contributed by atoms with van der Waals surface area (Å²) in [5.74, 6) is -0.0101. The molecule has 1 amide bonds. The van der Waals surface area contributed by atoms with Gasteiger partial charge in [0.25, 0.3) is 0 Å². The number of halogens is 1. The minimum atomic E-state index is -0.473. The SMILES string of the molecule is O=C(Nc1nnc(-c2ccsc2)s1)C1(c2ccc(Cl)cc2)CCC1. The molecular weight excluding hydrogens is 362 g/mol. The van der Waals surface area contributed by atoms with Gasteiger partial charge in [0.1, 0.15) is 5.01 Å². The Morgan fingerprint density at radius 3 is 2.58 bits per heavy atom. The Kier molecular flexibility index (Phi) is 4.12. The third kappa shape index (κ3) is 2.75. The van der Waals surface area contributed by atoms with E-state index in [1.807, 2.05) is 41.1 Å². The highest BCUT2D eigenvalue weighted by atomic mass is 35.5. The molecule has 2 aromatic heterocycles. The predicted molar refractivity (Wildman–Crippen MR) is 98.8 cm³/mol. The Morgan fingerprint density at radius 1 is 1.17 bits per heavy atom. The van der Waals surface area contributed by atoms with Crippen molar-refractivity contribution in [3.63, 3.8) is 0 Å². The number of anilines is 1. The van der Waals surface area contributed by atoms with Crippen LogP contribution in [0.3, 0.4) is 0 Å². The molecule has 0 unspecified atom stereocenters. The van der Waals surface area contributed by atoms with Gasteiger partial charge in [-0.3, -0.25) is 10.1 Å². The molecule has 1 aromatic carbocycles. The molecule has 1 fully saturated rings. The topological polar surface area (TPSA) is 54.9 Å². The molecular formula is C17H14ClN3OS2. The highest BCUT2D eigenvalue weighted by Crippen LogP contribution is 2.45. The molecule has 2 heterocycles. The van der Waals surface area contributed by atoms with Gasteiger partial charge in [-0.1, -0.05) is 41.5 Å². The van der Waals surface area contributed by atoms with Gasteiger partial charge in [0.15, 0.2) is 0 Å². The minimum absolute atomic E-state index is 0.0101. The van der Waals surface area contributed by atoms with Crippen LogP contribution in [0.2, 0.25) is 5.02 Å². The van der Waals surface area contributed by atoms with Crippen LogP contribution in [-0.2, 0) is 10.2 Å². The van der Waals surface area contributed by atoms with Crippen LogP contribution < -0.4 is 5.32 Å². The molecule has 0 saturated heterocycles. The van der Waals surface area contributed by atoms with Crippen LogP contribution in [-0.4, -0.2) is 16.1 Å². The van der Waals surface area contributed by atoms with E-state index < -0.39 is 5.41 Å². The standard InChI is InChI=1S/C17H14ClN3OS2/c18-13-4-2-12(3-5-13)17(7-1-8-17)15(22)19-16-21-20-14(24-16)11-6-9-23-10-11/h2-6,9-10H,1,7-8H2,(H,19,21,22). The molecule has 1 saturated carbocycles. The number of benzene rings is 1. The number of amides is 1. The molecule has 1 aliphatic rings. The van der Waals surface area contributed by atoms with E-state index in [-0.39, 0.29) is 5.91 Å². The summed E-state index contributed by atoms with van der Waals surface area (Å²) in [5.41, 5.74) is 1.57. The van der Waals surface area contributed by atoms with Crippen LogP contribution >= 0.6 is 34.3 Å². The second kappa shape index (κ2) is 6.27. The van der Waals surface area contributed by atoms with Crippen molar-refractivity contribution in [1.82, 2.24) is 10.2 Å². The fraction of sp³-hybridized carbons (Fsp3) is 0.235. The van der Waals surface area contributed by atoms with Gasteiger partial charge in [0.05, 0.1) is 5.41 Å². The average molecular weight is 376 g/mol. The average Bonchev–Trinajstić information content (AvgIpc) is 3.19. The van der Waals surface area contributed by atoms with Crippen molar-refractivity contribution in [2.75, 3.05) is 5.32 Å². The predicted octanol–water partition coefficient (Wildman–Crippen LogP) is 4.98. The largest absolute Gasteiger partial charge is 0.300 e. The molecule has 24 heavy (non-hydrogen) atoms. The van der Waals surface area contributed by atoms with Gasteiger partial charge >= 0.3 is 0 Å². The number of thiophene rings is 1. The van der Waals surface area contributed by atoms with Crippen molar-refractivity contribution < 1.29 is 4.79 Å². The number of aromatic nitrogens is 2. The van der Waals surface area contributed by atoms with E-state index in [1.54, 1.807) is 11.3 Å². The summed E-state index contributed by atoms with van der Waals surface area (Å²) in [6.45, 7) is 0. The lowest BCUT2D eigenvalue weighted by Gasteiger charge is -2.40. The van der Waals surface area contributed by atoms with E-state index in [4.69, 9.17) is 11.6 Å². The molecule has 7 heteroatoms. The van der Waals surface area contributed by atoms with Crippen LogP contribution in [0.4, 0.5) is 5.13 Å². The quantitative estimate of drug-likeness (QED) is 0.699. The van der Waals surface area contributed by atoms with Gasteiger partial charge in [0.2, 0.25) is 11.0 Å². The van der Waals surface area contributed by atoms with Crippen molar-refractivity contribution >= 4 is 45.3 Å². The zero-order chi connectivity index (χ0) is 16.6. The summed E-state index contributed by atoms with van der Waals surface area (Å²) >= 11 is 8.98. The van der Waals surface area contributed by atoms with Gasteiger partial charge in [-0.05, 0) is 42.0 Å². The van der Waals surface area contributed by atoms with Gasteiger partial charge < -0.3 is 0 Å². The molecule has 4 rings (SSSR count). The summed E-state index contributed by atoms with van der Waals surface area (Å²) in [4.78, 5) is 12.9. The van der Waals surface area contributed by atoms with Gasteiger partial charge in [-0.25, -0.2) is 0 Å². The van der Waals surface area contributed by atoms with Crippen molar-refractivity contribution in [3.05, 3.63) is 51.7 Å². The van der Waals surface area contributed by atoms with Gasteiger partial charge in [-0.15, -0.1) is 10.2 Å². The smallest absolute Gasteiger partial charge is 0.236 e. The summed E-state index contributed by atoms with van der Waals surface area (Å²) < 4.78 is 0. The number of carbonyl (C=O) groups excluding carboxylic acids is 1. The maximum Gasteiger partial charge on any atom is 0.236 e. The summed E-state index contributed by atoms with van der Waals surface area (Å²) in [6.07, 6.45) is 2.74. The van der Waals surface area contributed by atoms with Crippen LogP contribution in [0.25, 0.3) is 10.6 Å². The number of hydrogen-bond acceptors (Lipinski definition) is 5. The Morgan fingerprint density at radius 2 is 1.96 bits per heavy atom. The monoisotopic (exact) mass is 375 g/mol. The number of nitrogens with one attached hydrogen (secondary N) is 1. The Bertz CT molecular complexity index is 854. The molecule has 3 aromatic rings. The van der Waals surface area contributed by atoms with Crippen LogP contribution in [0.5, 0.6) is 0 Å². The molecule has 1 aliphatic carbocycles. The van der Waals surface area contributed by atoms with Crippen molar-refractivity contribution in [3.8, 4) is 10.6 Å². The maximum atomic E-state index is 12.9. The van der Waals surface area contributed by atoms with Crippen molar-refractivity contribution in [2.24, 2.45) is 0 Å². The van der Waals surface area contributed by atoms with Crippen LogP contribution in [0, 0.1) is 0 Å². The lowest BCUT2D eigenvalue weighted by Crippen LogP contribution is -2.45. The number of rotatable bonds is 4. The van der Waals surface area contributed by atoms with Crippen LogP contribution in [0.1, 0.15) is 24.8 Å². The lowest BCUT2D eigenvalue weighted by atomic mass is 9.64. The van der Waals surface area contributed by atoms with Gasteiger partial charge in [-0.2, -0.15) is 11.3 Å². The van der Waals surface area contributed by atoms with E-state index in [2.05, 4.69) is 15.5 Å². The Labute approximate surface area is 152 Å². The maximum absolute atomic E-state index is 12.9. The van der Waals surface area contributed by atoms with E-state index in [1.165, 1.54) is 11.3 Å². The molecule has 0 aliphatic heterocycles. The molecule has 0 radical (unpaired) electrons. The molecule has 0 bridgehead atoms. The van der Waals surface area contributed by atoms with E-state index in [0.717, 1.165) is 35.4 Å². The first-order valence-corrected chi connectivity index (χ1v) is 9.75. The zero-order valence-corrected chi connectivity index (χ0v) is 15.0. The molecule has 122 valence electrons. The Hall–Kier alpha value is -1.76. The van der Waals surface area contributed by atoms with Crippen molar-refractivity contribution in [1.29, 1.82) is 0 Å². The van der Waals surface area contributed by atoms with Crippen LogP contribution in [0.15, 0.2) is 41.1 Å². The first-order chi connectivity index (χ1) is 11.7. The molecule has 0 atom stereocenters. The number of hydrogen-bond donors (Lipinski definition) is 1. The summed E-state index contributed by atoms with van der Waals surface area (Å²) in [7, 11) is 0. The highest BCUT2D eigenvalue weighted by Gasteiger charge is 2.45. The molecule has 4 nitrogen and oxygen atoms in total. The summed E-state index contributed by atoms with van der Waals surface area (Å²) in [5, 5.41) is 17.3. The Balaban J connectivity index is 1.55. The highest BCUT2D eigenvalue weighted by molar-refractivity contribution is 7.19. The van der Waals surface area contributed by atoms with Gasteiger partial charge in [0, 0.05) is 16.0 Å². The summed E-state index contributed by atoms with van der Waals surface area (Å²) in [6, 6.07) is 9.56. The van der Waals surface area contributed by atoms with E-state index in [0.29, 0.717) is 10.2 Å². The first kappa shape index (κ1) is 15.7.